The van der Waals surface area contributed by atoms with E-state index in [-0.39, 0.29) is 13.0 Å². The van der Waals surface area contributed by atoms with Crippen LogP contribution in [0.4, 0.5) is 0 Å². The third-order valence-electron chi connectivity index (χ3n) is 1.15. The third-order valence-corrected chi connectivity index (χ3v) is 1.15. The summed E-state index contributed by atoms with van der Waals surface area (Å²) in [5.41, 5.74) is 4.88. The van der Waals surface area contributed by atoms with Crippen LogP contribution in [0.1, 0.15) is 13.3 Å². The summed E-state index contributed by atoms with van der Waals surface area (Å²) in [5, 5.41) is 8.80. The fourth-order valence-corrected chi connectivity index (χ4v) is 0.472. The minimum absolute atomic E-state index is 0.255. The topological polar surface area (TPSA) is 80.4 Å². The summed E-state index contributed by atoms with van der Waals surface area (Å²) in [6.07, 6.45) is -0.916. The molecule has 0 spiro atoms. The minimum atomic E-state index is -1.17. The van der Waals surface area contributed by atoms with Crippen LogP contribution in [0.5, 0.6) is 0 Å². The number of carbonyl (C=O) groups excluding carboxylic acids is 2. The standard InChI is InChI=1S/C6H11NO3/c1-2-4(8)6(10)5(9)3-7/h4,8H,2-3,7H2,1H3. The van der Waals surface area contributed by atoms with Gasteiger partial charge in [-0.15, -0.1) is 0 Å². The zero-order chi connectivity index (χ0) is 8.15. The molecule has 10 heavy (non-hydrogen) atoms. The number of ketones is 2. The van der Waals surface area contributed by atoms with Crippen LogP contribution in [0.3, 0.4) is 0 Å². The molecule has 0 radical (unpaired) electrons. The molecule has 0 aliphatic rings. The summed E-state index contributed by atoms with van der Waals surface area (Å²) in [6, 6.07) is 0. The maximum atomic E-state index is 10.6. The van der Waals surface area contributed by atoms with E-state index in [1.807, 2.05) is 0 Å². The third kappa shape index (κ3) is 2.24. The van der Waals surface area contributed by atoms with E-state index in [1.165, 1.54) is 0 Å². The van der Waals surface area contributed by atoms with Gasteiger partial charge in [-0.2, -0.15) is 0 Å². The van der Waals surface area contributed by atoms with E-state index < -0.39 is 17.7 Å². The highest BCUT2D eigenvalue weighted by molar-refractivity contribution is 6.39. The maximum absolute atomic E-state index is 10.6. The predicted octanol–water partition coefficient (Wildman–Crippen LogP) is -1.15. The van der Waals surface area contributed by atoms with Crippen LogP contribution in [0.2, 0.25) is 0 Å². The molecular formula is C6H11NO3. The first-order valence-electron chi connectivity index (χ1n) is 3.08. The lowest BCUT2D eigenvalue weighted by molar-refractivity contribution is -0.140. The van der Waals surface area contributed by atoms with E-state index in [0.29, 0.717) is 0 Å². The lowest BCUT2D eigenvalue weighted by Gasteiger charge is -2.02. The number of nitrogens with two attached hydrogens (primary N) is 1. The second-order valence-electron chi connectivity index (χ2n) is 1.92. The zero-order valence-electron chi connectivity index (χ0n) is 5.83. The van der Waals surface area contributed by atoms with Crippen LogP contribution in [0, 0.1) is 0 Å². The van der Waals surface area contributed by atoms with Crippen molar-refractivity contribution in [1.29, 1.82) is 0 Å². The summed E-state index contributed by atoms with van der Waals surface area (Å²) >= 11 is 0. The zero-order valence-corrected chi connectivity index (χ0v) is 5.83. The highest BCUT2D eigenvalue weighted by Crippen LogP contribution is 1.91. The molecule has 0 aromatic carbocycles. The summed E-state index contributed by atoms with van der Waals surface area (Å²) in [6.45, 7) is 1.29. The first-order valence-corrected chi connectivity index (χ1v) is 3.08. The van der Waals surface area contributed by atoms with Gasteiger partial charge in [0.25, 0.3) is 0 Å². The fourth-order valence-electron chi connectivity index (χ4n) is 0.472. The Morgan fingerprint density at radius 1 is 1.60 bits per heavy atom. The van der Waals surface area contributed by atoms with Crippen LogP contribution in [-0.4, -0.2) is 29.3 Å². The Kier molecular flexibility index (Phi) is 3.83. The smallest absolute Gasteiger partial charge is 0.228 e. The molecule has 0 aromatic rings. The van der Waals surface area contributed by atoms with Crippen molar-refractivity contribution in [3.63, 3.8) is 0 Å². The van der Waals surface area contributed by atoms with Crippen molar-refractivity contribution in [2.24, 2.45) is 5.73 Å². The number of aliphatic hydroxyl groups excluding tert-OH is 1. The molecule has 4 nitrogen and oxygen atoms in total. The number of rotatable bonds is 4. The molecule has 0 bridgehead atoms. The van der Waals surface area contributed by atoms with E-state index in [9.17, 15) is 9.59 Å². The highest BCUT2D eigenvalue weighted by atomic mass is 16.3. The second kappa shape index (κ2) is 4.14. The molecule has 0 saturated carbocycles. The molecule has 0 heterocycles. The molecule has 3 N–H and O–H groups in total. The van der Waals surface area contributed by atoms with Gasteiger partial charge in [0.1, 0.15) is 6.10 Å². The number of Topliss-reactive ketones (excluding diaryl/α,β-unsaturated/α-hetero) is 2. The largest absolute Gasteiger partial charge is 0.385 e. The number of aliphatic hydroxyl groups is 1. The molecule has 58 valence electrons. The SMILES string of the molecule is CCC(O)C(=O)C(=O)CN. The molecule has 0 aliphatic carbocycles. The first-order chi connectivity index (χ1) is 4.63. The van der Waals surface area contributed by atoms with Crippen molar-refractivity contribution >= 4 is 11.6 Å². The fraction of sp³-hybridized carbons (Fsp3) is 0.667. The van der Waals surface area contributed by atoms with Gasteiger partial charge >= 0.3 is 0 Å². The van der Waals surface area contributed by atoms with E-state index in [2.05, 4.69) is 0 Å². The van der Waals surface area contributed by atoms with Gasteiger partial charge in [-0.25, -0.2) is 0 Å². The van der Waals surface area contributed by atoms with Gasteiger partial charge in [0.05, 0.1) is 6.54 Å². The Labute approximate surface area is 59.0 Å². The molecule has 0 saturated heterocycles. The van der Waals surface area contributed by atoms with Gasteiger partial charge < -0.3 is 10.8 Å². The Morgan fingerprint density at radius 2 is 2.10 bits per heavy atom. The van der Waals surface area contributed by atoms with Crippen LogP contribution in [0.15, 0.2) is 0 Å². The lowest BCUT2D eigenvalue weighted by atomic mass is 10.1. The van der Waals surface area contributed by atoms with Crippen molar-refractivity contribution in [3.05, 3.63) is 0 Å². The molecule has 1 atom stereocenters. The predicted molar refractivity (Wildman–Crippen MR) is 35.4 cm³/mol. The van der Waals surface area contributed by atoms with Crippen LogP contribution in [0.25, 0.3) is 0 Å². The Morgan fingerprint density at radius 3 is 2.40 bits per heavy atom. The van der Waals surface area contributed by atoms with E-state index >= 15 is 0 Å². The molecule has 0 aromatic heterocycles. The van der Waals surface area contributed by atoms with Crippen LogP contribution in [-0.2, 0) is 9.59 Å². The Hall–Kier alpha value is -0.740. The molecule has 4 heteroatoms. The minimum Gasteiger partial charge on any atom is -0.385 e. The number of hydrogen-bond acceptors (Lipinski definition) is 4. The Balaban J connectivity index is 3.95. The van der Waals surface area contributed by atoms with E-state index in [4.69, 9.17) is 10.8 Å². The quantitative estimate of drug-likeness (QED) is 0.490. The molecule has 0 rings (SSSR count). The van der Waals surface area contributed by atoms with Gasteiger partial charge in [-0.05, 0) is 6.42 Å². The van der Waals surface area contributed by atoms with Crippen molar-refractivity contribution in [3.8, 4) is 0 Å². The van der Waals surface area contributed by atoms with Gasteiger partial charge in [0.2, 0.25) is 11.6 Å². The summed E-state index contributed by atoms with van der Waals surface area (Å²) in [4.78, 5) is 21.1. The molecule has 0 aliphatic heterocycles. The number of carbonyl (C=O) groups is 2. The Bertz CT molecular complexity index is 144. The van der Waals surface area contributed by atoms with Gasteiger partial charge in [-0.3, -0.25) is 9.59 Å². The maximum Gasteiger partial charge on any atom is 0.228 e. The van der Waals surface area contributed by atoms with E-state index in [1.54, 1.807) is 6.92 Å². The van der Waals surface area contributed by atoms with Gasteiger partial charge in [-0.1, -0.05) is 6.92 Å². The van der Waals surface area contributed by atoms with Gasteiger partial charge in [0.15, 0.2) is 0 Å². The highest BCUT2D eigenvalue weighted by Gasteiger charge is 2.19. The van der Waals surface area contributed by atoms with Crippen molar-refractivity contribution < 1.29 is 14.7 Å². The van der Waals surface area contributed by atoms with Gasteiger partial charge in [0, 0.05) is 0 Å². The van der Waals surface area contributed by atoms with Crippen LogP contribution >= 0.6 is 0 Å². The average Bonchev–Trinajstić information content (AvgIpc) is 2.00. The first kappa shape index (κ1) is 9.26. The second-order valence-corrected chi connectivity index (χ2v) is 1.92. The molecule has 0 fully saturated rings. The summed E-state index contributed by atoms with van der Waals surface area (Å²) in [7, 11) is 0. The summed E-state index contributed by atoms with van der Waals surface area (Å²) < 4.78 is 0. The van der Waals surface area contributed by atoms with Crippen molar-refractivity contribution in [2.45, 2.75) is 19.4 Å². The average molecular weight is 145 g/mol. The van der Waals surface area contributed by atoms with Crippen LogP contribution < -0.4 is 5.73 Å². The molecule has 1 unspecified atom stereocenters. The number of hydrogen-bond donors (Lipinski definition) is 2. The van der Waals surface area contributed by atoms with Crippen molar-refractivity contribution in [1.82, 2.24) is 0 Å². The summed E-state index contributed by atoms with van der Waals surface area (Å²) in [5.74, 6) is -1.50. The van der Waals surface area contributed by atoms with Crippen molar-refractivity contribution in [2.75, 3.05) is 6.54 Å². The molecule has 0 amide bonds. The molecular weight excluding hydrogens is 134 g/mol. The normalized spacial score (nSPS) is 12.7. The lowest BCUT2D eigenvalue weighted by Crippen LogP contribution is -2.32. The van der Waals surface area contributed by atoms with E-state index in [0.717, 1.165) is 0 Å². The monoisotopic (exact) mass is 145 g/mol.